The number of halogens is 1. The predicted molar refractivity (Wildman–Crippen MR) is 59.4 cm³/mol. The third kappa shape index (κ3) is 1.82. The number of aromatic nitrogens is 1. The molecule has 0 aliphatic heterocycles. The molecule has 0 spiro atoms. The molecule has 1 heterocycles. The van der Waals surface area contributed by atoms with Crippen LogP contribution in [-0.4, -0.2) is 10.9 Å². The van der Waals surface area contributed by atoms with Crippen LogP contribution in [0.4, 0.5) is 4.39 Å². The molecule has 0 unspecified atom stereocenters. The van der Waals surface area contributed by atoms with E-state index in [0.717, 1.165) is 11.3 Å². The second-order valence-corrected chi connectivity index (χ2v) is 3.59. The third-order valence-corrected chi connectivity index (χ3v) is 2.44. The molecule has 2 rings (SSSR count). The minimum Gasteiger partial charge on any atom is -0.366 e. The van der Waals surface area contributed by atoms with Crippen LogP contribution in [0.1, 0.15) is 16.1 Å². The summed E-state index contributed by atoms with van der Waals surface area (Å²) in [6.07, 6.45) is 0. The zero-order valence-corrected chi connectivity index (χ0v) is 8.75. The first-order chi connectivity index (χ1) is 7.58. The Bertz CT molecular complexity index is 528. The minimum absolute atomic E-state index is 0.290. The van der Waals surface area contributed by atoms with Gasteiger partial charge in [-0.1, -0.05) is 0 Å². The van der Waals surface area contributed by atoms with Crippen molar-refractivity contribution in [3.63, 3.8) is 0 Å². The van der Waals surface area contributed by atoms with Gasteiger partial charge in [0.05, 0.1) is 5.56 Å². The summed E-state index contributed by atoms with van der Waals surface area (Å²) in [5.74, 6) is -0.760. The number of hydrogen-bond donors (Lipinski definition) is 2. The van der Waals surface area contributed by atoms with Crippen LogP contribution in [0.5, 0.6) is 0 Å². The van der Waals surface area contributed by atoms with Crippen molar-refractivity contribution < 1.29 is 9.18 Å². The molecule has 4 heteroatoms. The van der Waals surface area contributed by atoms with E-state index in [2.05, 4.69) is 4.98 Å². The predicted octanol–water partition coefficient (Wildman–Crippen LogP) is 2.23. The van der Waals surface area contributed by atoms with E-state index in [9.17, 15) is 9.18 Å². The number of nitrogens with one attached hydrogen (secondary N) is 1. The van der Waals surface area contributed by atoms with Gasteiger partial charge in [0.15, 0.2) is 0 Å². The average Bonchev–Trinajstić information content (AvgIpc) is 2.61. The molecule has 0 atom stereocenters. The SMILES string of the molecule is Cc1[nH]c(-c2ccc(F)cc2)cc1C(N)=O. The quantitative estimate of drug-likeness (QED) is 0.797. The molecule has 2 aromatic rings. The topological polar surface area (TPSA) is 58.9 Å². The number of primary amides is 1. The van der Waals surface area contributed by atoms with Gasteiger partial charge >= 0.3 is 0 Å². The van der Waals surface area contributed by atoms with Crippen LogP contribution in [0.25, 0.3) is 11.3 Å². The van der Waals surface area contributed by atoms with Crippen LogP contribution in [0.2, 0.25) is 0 Å². The fourth-order valence-electron chi connectivity index (χ4n) is 1.60. The number of aromatic amines is 1. The molecule has 0 aliphatic carbocycles. The largest absolute Gasteiger partial charge is 0.366 e. The number of carbonyl (C=O) groups excluding carboxylic acids is 1. The first-order valence-corrected chi connectivity index (χ1v) is 4.83. The molecule has 3 N–H and O–H groups in total. The van der Waals surface area contributed by atoms with E-state index >= 15 is 0 Å². The third-order valence-electron chi connectivity index (χ3n) is 2.44. The van der Waals surface area contributed by atoms with E-state index in [1.807, 2.05) is 0 Å². The Kier molecular flexibility index (Phi) is 2.48. The lowest BCUT2D eigenvalue weighted by Crippen LogP contribution is -2.10. The maximum Gasteiger partial charge on any atom is 0.250 e. The van der Waals surface area contributed by atoms with Gasteiger partial charge in [0.1, 0.15) is 5.82 Å². The summed E-state index contributed by atoms with van der Waals surface area (Å²) in [4.78, 5) is 14.1. The lowest BCUT2D eigenvalue weighted by atomic mass is 10.1. The van der Waals surface area contributed by atoms with Gasteiger partial charge in [-0.2, -0.15) is 0 Å². The molecule has 0 aliphatic rings. The number of nitrogens with two attached hydrogens (primary N) is 1. The average molecular weight is 218 g/mol. The first kappa shape index (κ1) is 10.4. The molecule has 82 valence electrons. The molecule has 3 nitrogen and oxygen atoms in total. The van der Waals surface area contributed by atoms with Gasteiger partial charge in [0, 0.05) is 11.4 Å². The van der Waals surface area contributed by atoms with Crippen molar-refractivity contribution in [3.05, 3.63) is 47.4 Å². The zero-order chi connectivity index (χ0) is 11.7. The lowest BCUT2D eigenvalue weighted by molar-refractivity contribution is 0.1000. The van der Waals surface area contributed by atoms with Gasteiger partial charge < -0.3 is 10.7 Å². The summed E-state index contributed by atoms with van der Waals surface area (Å²) in [6.45, 7) is 1.77. The fourth-order valence-corrected chi connectivity index (χ4v) is 1.60. The molecule has 0 saturated carbocycles. The number of amides is 1. The van der Waals surface area contributed by atoms with Crippen molar-refractivity contribution in [1.82, 2.24) is 4.98 Å². The normalized spacial score (nSPS) is 10.4. The van der Waals surface area contributed by atoms with Crippen molar-refractivity contribution in [1.29, 1.82) is 0 Å². The molecule has 0 bridgehead atoms. The van der Waals surface area contributed by atoms with E-state index < -0.39 is 5.91 Å². The standard InChI is InChI=1S/C12H11FN2O/c1-7-10(12(14)16)6-11(15-7)8-2-4-9(13)5-3-8/h2-6,15H,1H3,(H2,14,16). The molecule has 0 radical (unpaired) electrons. The molecular weight excluding hydrogens is 207 g/mol. The summed E-state index contributed by atoms with van der Waals surface area (Å²) in [5.41, 5.74) is 7.96. The van der Waals surface area contributed by atoms with Crippen molar-refractivity contribution >= 4 is 5.91 Å². The molecule has 1 aromatic heterocycles. The van der Waals surface area contributed by atoms with Crippen LogP contribution in [0.15, 0.2) is 30.3 Å². The van der Waals surface area contributed by atoms with Crippen LogP contribution >= 0.6 is 0 Å². The Morgan fingerprint density at radius 3 is 2.44 bits per heavy atom. The monoisotopic (exact) mass is 218 g/mol. The summed E-state index contributed by atoms with van der Waals surface area (Å²) < 4.78 is 12.7. The maximum atomic E-state index is 12.7. The van der Waals surface area contributed by atoms with E-state index in [-0.39, 0.29) is 5.82 Å². The Balaban J connectivity index is 2.45. The van der Waals surface area contributed by atoms with E-state index in [1.165, 1.54) is 12.1 Å². The lowest BCUT2D eigenvalue weighted by Gasteiger charge is -1.96. The van der Waals surface area contributed by atoms with Crippen LogP contribution < -0.4 is 5.73 Å². The van der Waals surface area contributed by atoms with Crippen molar-refractivity contribution in [2.45, 2.75) is 6.92 Å². The Morgan fingerprint density at radius 2 is 1.94 bits per heavy atom. The smallest absolute Gasteiger partial charge is 0.250 e. The van der Waals surface area contributed by atoms with E-state index in [0.29, 0.717) is 11.3 Å². The maximum absolute atomic E-state index is 12.7. The van der Waals surface area contributed by atoms with Crippen molar-refractivity contribution in [2.24, 2.45) is 5.73 Å². The highest BCUT2D eigenvalue weighted by Crippen LogP contribution is 2.21. The molecule has 1 amide bonds. The molecule has 0 saturated heterocycles. The summed E-state index contributed by atoms with van der Waals surface area (Å²) in [6, 6.07) is 7.70. The van der Waals surface area contributed by atoms with Crippen LogP contribution in [-0.2, 0) is 0 Å². The minimum atomic E-state index is -0.470. The number of benzene rings is 1. The number of carbonyl (C=O) groups is 1. The molecular formula is C12H11FN2O. The number of rotatable bonds is 2. The summed E-state index contributed by atoms with van der Waals surface area (Å²) >= 11 is 0. The van der Waals surface area contributed by atoms with Crippen molar-refractivity contribution in [3.8, 4) is 11.3 Å². The van der Waals surface area contributed by atoms with Gasteiger partial charge in [-0.15, -0.1) is 0 Å². The Hall–Kier alpha value is -2.10. The van der Waals surface area contributed by atoms with Gasteiger partial charge in [0.25, 0.3) is 5.91 Å². The molecule has 16 heavy (non-hydrogen) atoms. The van der Waals surface area contributed by atoms with Crippen LogP contribution in [0, 0.1) is 12.7 Å². The first-order valence-electron chi connectivity index (χ1n) is 4.83. The van der Waals surface area contributed by atoms with E-state index in [4.69, 9.17) is 5.73 Å². The number of aryl methyl sites for hydroxylation is 1. The highest BCUT2D eigenvalue weighted by atomic mass is 19.1. The Morgan fingerprint density at radius 1 is 1.31 bits per heavy atom. The van der Waals surface area contributed by atoms with Gasteiger partial charge in [-0.25, -0.2) is 4.39 Å². The number of H-pyrrole nitrogens is 1. The fraction of sp³-hybridized carbons (Fsp3) is 0.0833. The van der Waals surface area contributed by atoms with Crippen molar-refractivity contribution in [2.75, 3.05) is 0 Å². The highest BCUT2D eigenvalue weighted by molar-refractivity contribution is 5.95. The highest BCUT2D eigenvalue weighted by Gasteiger charge is 2.10. The van der Waals surface area contributed by atoms with Gasteiger partial charge in [-0.05, 0) is 42.8 Å². The van der Waals surface area contributed by atoms with Gasteiger partial charge in [-0.3, -0.25) is 4.79 Å². The zero-order valence-electron chi connectivity index (χ0n) is 8.75. The van der Waals surface area contributed by atoms with E-state index in [1.54, 1.807) is 25.1 Å². The summed E-state index contributed by atoms with van der Waals surface area (Å²) in [5, 5.41) is 0. The van der Waals surface area contributed by atoms with Gasteiger partial charge in [0.2, 0.25) is 0 Å². The Labute approximate surface area is 92.1 Å². The number of hydrogen-bond acceptors (Lipinski definition) is 1. The second kappa shape index (κ2) is 3.81. The van der Waals surface area contributed by atoms with Crippen LogP contribution in [0.3, 0.4) is 0 Å². The second-order valence-electron chi connectivity index (χ2n) is 3.59. The summed E-state index contributed by atoms with van der Waals surface area (Å²) in [7, 11) is 0. The molecule has 0 fully saturated rings. The molecule has 1 aromatic carbocycles.